The number of carbonyl (C=O) groups is 2. The molecule has 0 spiro atoms. The van der Waals surface area contributed by atoms with E-state index in [-0.39, 0.29) is 11.8 Å². The number of nitrogens with one attached hydrogen (secondary N) is 2. The van der Waals surface area contributed by atoms with Crippen molar-refractivity contribution >= 4 is 23.2 Å². The average molecular weight is 388 g/mol. The van der Waals surface area contributed by atoms with Gasteiger partial charge in [-0.3, -0.25) is 9.59 Å². The lowest BCUT2D eigenvalue weighted by Gasteiger charge is -2.09. The summed E-state index contributed by atoms with van der Waals surface area (Å²) in [6, 6.07) is 21.4. The van der Waals surface area contributed by atoms with Gasteiger partial charge in [-0.2, -0.15) is 0 Å². The Kier molecular flexibility index (Phi) is 6.29. The molecule has 3 rings (SSSR count). The van der Waals surface area contributed by atoms with Gasteiger partial charge in [0.15, 0.2) is 0 Å². The van der Waals surface area contributed by atoms with Gasteiger partial charge in [0.2, 0.25) is 0 Å². The van der Waals surface area contributed by atoms with Gasteiger partial charge in [-0.15, -0.1) is 0 Å². The lowest BCUT2D eigenvalue weighted by Crippen LogP contribution is -2.14. The van der Waals surface area contributed by atoms with Gasteiger partial charge >= 0.3 is 0 Å². The Labute approximate surface area is 170 Å². The number of ether oxygens (including phenoxy) is 1. The van der Waals surface area contributed by atoms with Crippen LogP contribution in [-0.2, 0) is 0 Å². The fourth-order valence-electron chi connectivity index (χ4n) is 2.81. The smallest absolute Gasteiger partial charge is 0.255 e. The summed E-state index contributed by atoms with van der Waals surface area (Å²) in [5.74, 6) is 0.698. The van der Waals surface area contributed by atoms with Crippen LogP contribution in [0, 0.1) is 0 Å². The third kappa shape index (κ3) is 5.23. The molecule has 0 heterocycles. The molecule has 0 saturated heterocycles. The fraction of sp³-hybridized carbons (Fsp3) is 0.167. The second-order valence-corrected chi connectivity index (χ2v) is 6.99. The molecular formula is C24H24N2O3. The van der Waals surface area contributed by atoms with Crippen molar-refractivity contribution in [1.29, 1.82) is 0 Å². The van der Waals surface area contributed by atoms with Crippen molar-refractivity contribution in [2.45, 2.75) is 19.8 Å². The molecule has 0 fully saturated rings. The number of benzene rings is 3. The summed E-state index contributed by atoms with van der Waals surface area (Å²) >= 11 is 0. The van der Waals surface area contributed by atoms with Crippen LogP contribution in [0.3, 0.4) is 0 Å². The lowest BCUT2D eigenvalue weighted by molar-refractivity contribution is 0.101. The first-order valence-electron chi connectivity index (χ1n) is 9.43. The molecule has 0 aromatic heterocycles. The molecule has 0 bridgehead atoms. The summed E-state index contributed by atoms with van der Waals surface area (Å²) < 4.78 is 5.10. The summed E-state index contributed by atoms with van der Waals surface area (Å²) in [4.78, 5) is 24.8. The number of hydrogen-bond donors (Lipinski definition) is 2. The maximum Gasteiger partial charge on any atom is 0.255 e. The molecule has 0 aliphatic heterocycles. The monoisotopic (exact) mass is 388 g/mol. The normalized spacial score (nSPS) is 10.5. The van der Waals surface area contributed by atoms with Crippen molar-refractivity contribution in [1.82, 2.24) is 0 Å². The minimum absolute atomic E-state index is 0.218. The Balaban J connectivity index is 1.62. The zero-order valence-electron chi connectivity index (χ0n) is 16.7. The van der Waals surface area contributed by atoms with Crippen LogP contribution >= 0.6 is 0 Å². The van der Waals surface area contributed by atoms with Gasteiger partial charge in [0, 0.05) is 22.5 Å². The second kappa shape index (κ2) is 9.06. The Morgan fingerprint density at radius 3 is 1.48 bits per heavy atom. The van der Waals surface area contributed by atoms with E-state index in [4.69, 9.17) is 4.74 Å². The zero-order chi connectivity index (χ0) is 20.8. The molecule has 0 atom stereocenters. The molecule has 3 aromatic carbocycles. The molecule has 2 amide bonds. The highest BCUT2D eigenvalue weighted by molar-refractivity contribution is 6.07. The van der Waals surface area contributed by atoms with Gasteiger partial charge in [0.1, 0.15) is 5.75 Å². The van der Waals surface area contributed by atoms with E-state index in [9.17, 15) is 9.59 Å². The molecule has 0 aliphatic carbocycles. The maximum atomic E-state index is 12.4. The Hall–Kier alpha value is -3.60. The van der Waals surface area contributed by atoms with E-state index in [1.165, 1.54) is 5.56 Å². The number of anilines is 2. The van der Waals surface area contributed by atoms with E-state index in [0.717, 1.165) is 11.4 Å². The van der Waals surface area contributed by atoms with Crippen LogP contribution in [0.2, 0.25) is 0 Å². The van der Waals surface area contributed by atoms with E-state index in [1.807, 2.05) is 24.3 Å². The third-order valence-corrected chi connectivity index (χ3v) is 4.59. The van der Waals surface area contributed by atoms with Gasteiger partial charge < -0.3 is 15.4 Å². The Morgan fingerprint density at radius 2 is 1.10 bits per heavy atom. The molecule has 29 heavy (non-hydrogen) atoms. The van der Waals surface area contributed by atoms with Crippen molar-refractivity contribution in [3.05, 3.63) is 89.5 Å². The van der Waals surface area contributed by atoms with Crippen molar-refractivity contribution < 1.29 is 14.3 Å². The van der Waals surface area contributed by atoms with E-state index in [2.05, 4.69) is 24.5 Å². The number of rotatable bonds is 6. The number of methoxy groups -OCH3 is 1. The molecule has 2 N–H and O–H groups in total. The number of hydrogen-bond acceptors (Lipinski definition) is 3. The highest BCUT2D eigenvalue weighted by atomic mass is 16.5. The minimum Gasteiger partial charge on any atom is -0.497 e. The molecule has 3 aromatic rings. The summed E-state index contributed by atoms with van der Waals surface area (Å²) in [5.41, 5.74) is 3.58. The SMILES string of the molecule is COc1ccc(NC(=O)c2ccc(C(=O)Nc3ccc(C(C)C)cc3)cc2)cc1. The molecule has 5 nitrogen and oxygen atoms in total. The minimum atomic E-state index is -0.244. The zero-order valence-corrected chi connectivity index (χ0v) is 16.7. The van der Waals surface area contributed by atoms with Gasteiger partial charge in [0.25, 0.3) is 11.8 Å². The van der Waals surface area contributed by atoms with Crippen LogP contribution in [0.4, 0.5) is 11.4 Å². The van der Waals surface area contributed by atoms with E-state index < -0.39 is 0 Å². The van der Waals surface area contributed by atoms with Crippen LogP contribution < -0.4 is 15.4 Å². The second-order valence-electron chi connectivity index (χ2n) is 6.99. The van der Waals surface area contributed by atoms with Crippen molar-refractivity contribution in [3.8, 4) is 5.75 Å². The van der Waals surface area contributed by atoms with Crippen LogP contribution in [0.15, 0.2) is 72.8 Å². The first kappa shape index (κ1) is 20.1. The summed E-state index contributed by atoms with van der Waals surface area (Å²) in [6.45, 7) is 4.25. The number of amides is 2. The third-order valence-electron chi connectivity index (χ3n) is 4.59. The summed E-state index contributed by atoms with van der Waals surface area (Å²) in [7, 11) is 1.59. The van der Waals surface area contributed by atoms with Crippen LogP contribution in [0.25, 0.3) is 0 Å². The van der Waals surface area contributed by atoms with Crippen molar-refractivity contribution in [3.63, 3.8) is 0 Å². The predicted octanol–water partition coefficient (Wildman–Crippen LogP) is 5.32. The lowest BCUT2D eigenvalue weighted by atomic mass is 10.0. The molecule has 148 valence electrons. The van der Waals surface area contributed by atoms with Gasteiger partial charge in [-0.1, -0.05) is 26.0 Å². The van der Waals surface area contributed by atoms with Gasteiger partial charge in [-0.25, -0.2) is 0 Å². The maximum absolute atomic E-state index is 12.4. The predicted molar refractivity (Wildman–Crippen MR) is 116 cm³/mol. The van der Waals surface area contributed by atoms with Crippen LogP contribution in [-0.4, -0.2) is 18.9 Å². The quantitative estimate of drug-likeness (QED) is 0.600. The van der Waals surface area contributed by atoms with E-state index in [1.54, 1.807) is 55.6 Å². The molecule has 5 heteroatoms. The average Bonchev–Trinajstić information content (AvgIpc) is 2.74. The summed E-state index contributed by atoms with van der Waals surface area (Å²) in [5, 5.41) is 5.69. The van der Waals surface area contributed by atoms with Crippen LogP contribution in [0.5, 0.6) is 5.75 Å². The molecule has 0 unspecified atom stereocenters. The largest absolute Gasteiger partial charge is 0.497 e. The highest BCUT2D eigenvalue weighted by Crippen LogP contribution is 2.19. The van der Waals surface area contributed by atoms with Crippen LogP contribution in [0.1, 0.15) is 46.0 Å². The van der Waals surface area contributed by atoms with Gasteiger partial charge in [0.05, 0.1) is 7.11 Å². The first-order chi connectivity index (χ1) is 14.0. The first-order valence-corrected chi connectivity index (χ1v) is 9.43. The molecule has 0 saturated carbocycles. The topological polar surface area (TPSA) is 67.4 Å². The Bertz CT molecular complexity index is 976. The fourth-order valence-corrected chi connectivity index (χ4v) is 2.81. The molecule has 0 aliphatic rings. The van der Waals surface area contributed by atoms with E-state index >= 15 is 0 Å². The highest BCUT2D eigenvalue weighted by Gasteiger charge is 2.10. The van der Waals surface area contributed by atoms with Gasteiger partial charge in [-0.05, 0) is 72.1 Å². The van der Waals surface area contributed by atoms with Crippen molar-refractivity contribution in [2.24, 2.45) is 0 Å². The standard InChI is InChI=1S/C24H24N2O3/c1-16(2)17-8-10-20(11-9-17)25-23(27)18-4-6-19(7-5-18)24(28)26-21-12-14-22(29-3)15-13-21/h4-16H,1-3H3,(H,25,27)(H,26,28). The number of carbonyl (C=O) groups excluding carboxylic acids is 2. The molecular weight excluding hydrogens is 364 g/mol. The molecule has 0 radical (unpaired) electrons. The van der Waals surface area contributed by atoms with Crippen molar-refractivity contribution in [2.75, 3.05) is 17.7 Å². The summed E-state index contributed by atoms with van der Waals surface area (Å²) in [6.07, 6.45) is 0. The van der Waals surface area contributed by atoms with E-state index in [0.29, 0.717) is 22.7 Å². The Morgan fingerprint density at radius 1 is 0.690 bits per heavy atom.